The minimum absolute atomic E-state index is 0.200. The third-order valence-electron chi connectivity index (χ3n) is 2.43. The number of amidine groups is 1. The second-order valence-electron chi connectivity index (χ2n) is 3.65. The summed E-state index contributed by atoms with van der Waals surface area (Å²) in [5.74, 6) is -0.691. The van der Waals surface area contributed by atoms with Gasteiger partial charge >= 0.3 is 0 Å². The summed E-state index contributed by atoms with van der Waals surface area (Å²) in [5, 5.41) is 16.2. The standard InChI is InChI=1S/C11H10ClFN4O/c1-6-9(12)5-17(15-6)10-3-2-7(13)4-8(10)11(14)16-18/h2-5,18H,1H3,(H2,14,16). The molecule has 0 atom stereocenters. The molecular weight excluding hydrogens is 259 g/mol. The molecule has 0 saturated heterocycles. The van der Waals surface area contributed by atoms with Crippen molar-refractivity contribution in [3.63, 3.8) is 0 Å². The van der Waals surface area contributed by atoms with Gasteiger partial charge in [0.15, 0.2) is 5.84 Å². The van der Waals surface area contributed by atoms with Crippen LogP contribution in [-0.4, -0.2) is 20.8 Å². The maximum Gasteiger partial charge on any atom is 0.172 e. The summed E-state index contributed by atoms with van der Waals surface area (Å²) in [6, 6.07) is 3.90. The Morgan fingerprint density at radius 2 is 2.28 bits per heavy atom. The average molecular weight is 269 g/mol. The summed E-state index contributed by atoms with van der Waals surface area (Å²) in [4.78, 5) is 0. The first-order chi connectivity index (χ1) is 8.52. The lowest BCUT2D eigenvalue weighted by Gasteiger charge is -2.08. The summed E-state index contributed by atoms with van der Waals surface area (Å²) in [7, 11) is 0. The Balaban J connectivity index is 2.63. The predicted molar refractivity (Wildman–Crippen MR) is 65.8 cm³/mol. The second kappa shape index (κ2) is 4.66. The van der Waals surface area contributed by atoms with E-state index in [-0.39, 0.29) is 11.4 Å². The fourth-order valence-corrected chi connectivity index (χ4v) is 1.66. The molecule has 18 heavy (non-hydrogen) atoms. The number of aromatic nitrogens is 2. The van der Waals surface area contributed by atoms with Crippen LogP contribution in [0.3, 0.4) is 0 Å². The Morgan fingerprint density at radius 3 is 2.83 bits per heavy atom. The smallest absolute Gasteiger partial charge is 0.172 e. The molecule has 0 amide bonds. The minimum atomic E-state index is -0.490. The lowest BCUT2D eigenvalue weighted by molar-refractivity contribution is 0.318. The molecular formula is C11H10ClFN4O. The van der Waals surface area contributed by atoms with E-state index in [4.69, 9.17) is 22.5 Å². The summed E-state index contributed by atoms with van der Waals surface area (Å²) in [6.07, 6.45) is 1.57. The van der Waals surface area contributed by atoms with E-state index in [0.29, 0.717) is 16.4 Å². The number of aryl methyl sites for hydroxylation is 1. The van der Waals surface area contributed by atoms with E-state index in [1.165, 1.54) is 16.8 Å². The van der Waals surface area contributed by atoms with Crippen LogP contribution in [0.15, 0.2) is 29.6 Å². The van der Waals surface area contributed by atoms with Gasteiger partial charge in [0.25, 0.3) is 0 Å². The third kappa shape index (κ3) is 2.14. The summed E-state index contributed by atoms with van der Waals surface area (Å²) in [5.41, 5.74) is 6.84. The molecule has 2 aromatic rings. The van der Waals surface area contributed by atoms with Gasteiger partial charge < -0.3 is 10.9 Å². The molecule has 0 aliphatic heterocycles. The first-order valence-corrected chi connectivity index (χ1v) is 5.40. The van der Waals surface area contributed by atoms with Crippen LogP contribution in [0.25, 0.3) is 5.69 Å². The molecule has 2 rings (SSSR count). The highest BCUT2D eigenvalue weighted by Crippen LogP contribution is 2.20. The van der Waals surface area contributed by atoms with Crippen molar-refractivity contribution in [3.8, 4) is 5.69 Å². The van der Waals surface area contributed by atoms with E-state index >= 15 is 0 Å². The minimum Gasteiger partial charge on any atom is -0.409 e. The predicted octanol–water partition coefficient (Wildman–Crippen LogP) is 2.07. The van der Waals surface area contributed by atoms with Crippen LogP contribution >= 0.6 is 11.6 Å². The van der Waals surface area contributed by atoms with E-state index in [9.17, 15) is 4.39 Å². The van der Waals surface area contributed by atoms with Crippen LogP contribution in [0.5, 0.6) is 0 Å². The second-order valence-corrected chi connectivity index (χ2v) is 4.06. The van der Waals surface area contributed by atoms with Crippen LogP contribution < -0.4 is 5.73 Å². The molecule has 1 heterocycles. The van der Waals surface area contributed by atoms with Crippen LogP contribution in [0.4, 0.5) is 4.39 Å². The zero-order valence-electron chi connectivity index (χ0n) is 9.43. The number of rotatable bonds is 2. The molecule has 0 spiro atoms. The van der Waals surface area contributed by atoms with Crippen molar-refractivity contribution in [2.75, 3.05) is 0 Å². The fourth-order valence-electron chi connectivity index (χ4n) is 1.53. The van der Waals surface area contributed by atoms with Crippen molar-refractivity contribution in [2.24, 2.45) is 10.9 Å². The molecule has 7 heteroatoms. The Hall–Kier alpha value is -2.08. The number of hydrogen-bond donors (Lipinski definition) is 2. The topological polar surface area (TPSA) is 76.4 Å². The molecule has 0 bridgehead atoms. The molecule has 5 nitrogen and oxygen atoms in total. The van der Waals surface area contributed by atoms with E-state index in [2.05, 4.69) is 10.3 Å². The Morgan fingerprint density at radius 1 is 1.56 bits per heavy atom. The maximum absolute atomic E-state index is 13.2. The fraction of sp³-hybridized carbons (Fsp3) is 0.0909. The van der Waals surface area contributed by atoms with Crippen molar-refractivity contribution in [3.05, 3.63) is 46.5 Å². The Bertz CT molecular complexity index is 604. The van der Waals surface area contributed by atoms with Gasteiger partial charge in [0.2, 0.25) is 0 Å². The SMILES string of the molecule is Cc1nn(-c2ccc(F)cc2C(N)=NO)cc1Cl. The van der Waals surface area contributed by atoms with Gasteiger partial charge in [-0.3, -0.25) is 0 Å². The van der Waals surface area contributed by atoms with E-state index in [1.54, 1.807) is 13.1 Å². The highest BCUT2D eigenvalue weighted by atomic mass is 35.5. The molecule has 0 fully saturated rings. The van der Waals surface area contributed by atoms with Crippen LogP contribution in [0.2, 0.25) is 5.02 Å². The number of nitrogens with zero attached hydrogens (tertiary/aromatic N) is 3. The monoisotopic (exact) mass is 268 g/mol. The van der Waals surface area contributed by atoms with Crippen LogP contribution in [0, 0.1) is 12.7 Å². The number of hydrogen-bond acceptors (Lipinski definition) is 3. The average Bonchev–Trinajstić information content (AvgIpc) is 2.68. The summed E-state index contributed by atoms with van der Waals surface area (Å²) >= 11 is 5.91. The number of oxime groups is 1. The zero-order valence-corrected chi connectivity index (χ0v) is 10.2. The summed E-state index contributed by atoms with van der Waals surface area (Å²) < 4.78 is 14.6. The largest absolute Gasteiger partial charge is 0.409 e. The van der Waals surface area contributed by atoms with Gasteiger partial charge in [-0.15, -0.1) is 0 Å². The summed E-state index contributed by atoms with van der Waals surface area (Å²) in [6.45, 7) is 1.74. The van der Waals surface area contributed by atoms with E-state index < -0.39 is 5.82 Å². The molecule has 0 aliphatic carbocycles. The van der Waals surface area contributed by atoms with Gasteiger partial charge in [-0.1, -0.05) is 16.8 Å². The molecule has 1 aromatic carbocycles. The van der Waals surface area contributed by atoms with E-state index in [0.717, 1.165) is 6.07 Å². The molecule has 3 N–H and O–H groups in total. The van der Waals surface area contributed by atoms with Gasteiger partial charge in [-0.25, -0.2) is 9.07 Å². The first-order valence-electron chi connectivity index (χ1n) is 5.02. The number of benzene rings is 1. The Kier molecular flexibility index (Phi) is 3.20. The van der Waals surface area contributed by atoms with Gasteiger partial charge in [0.1, 0.15) is 5.82 Å². The van der Waals surface area contributed by atoms with Crippen molar-refractivity contribution < 1.29 is 9.60 Å². The van der Waals surface area contributed by atoms with Gasteiger partial charge in [-0.05, 0) is 25.1 Å². The van der Waals surface area contributed by atoms with Crippen LogP contribution in [0.1, 0.15) is 11.3 Å². The molecule has 94 valence electrons. The Labute approximate surface area is 107 Å². The highest BCUT2D eigenvalue weighted by molar-refractivity contribution is 6.31. The molecule has 0 unspecified atom stereocenters. The number of halogens is 2. The molecule has 1 aromatic heterocycles. The zero-order chi connectivity index (χ0) is 13.3. The normalized spacial score (nSPS) is 11.8. The maximum atomic E-state index is 13.2. The first kappa shape index (κ1) is 12.4. The molecule has 0 saturated carbocycles. The van der Waals surface area contributed by atoms with Crippen molar-refractivity contribution >= 4 is 17.4 Å². The third-order valence-corrected chi connectivity index (χ3v) is 2.80. The molecule has 0 radical (unpaired) electrons. The number of nitrogens with two attached hydrogens (primary N) is 1. The van der Waals surface area contributed by atoms with Gasteiger partial charge in [-0.2, -0.15) is 5.10 Å². The van der Waals surface area contributed by atoms with Gasteiger partial charge in [0.05, 0.1) is 16.4 Å². The van der Waals surface area contributed by atoms with Gasteiger partial charge in [0, 0.05) is 11.8 Å². The van der Waals surface area contributed by atoms with Crippen molar-refractivity contribution in [1.29, 1.82) is 0 Å². The molecule has 0 aliphatic rings. The van der Waals surface area contributed by atoms with Crippen molar-refractivity contribution in [2.45, 2.75) is 6.92 Å². The van der Waals surface area contributed by atoms with Crippen LogP contribution in [-0.2, 0) is 0 Å². The lowest BCUT2D eigenvalue weighted by atomic mass is 10.1. The lowest BCUT2D eigenvalue weighted by Crippen LogP contribution is -2.17. The van der Waals surface area contributed by atoms with E-state index in [1.807, 2.05) is 0 Å². The quantitative estimate of drug-likeness (QED) is 0.379. The highest BCUT2D eigenvalue weighted by Gasteiger charge is 2.12. The van der Waals surface area contributed by atoms with Crippen molar-refractivity contribution in [1.82, 2.24) is 9.78 Å².